The molecule has 2 aromatic rings. The smallest absolute Gasteiger partial charge is 0.138 e. The molecule has 0 aliphatic carbocycles. The van der Waals surface area contributed by atoms with Gasteiger partial charge in [-0.3, -0.25) is 4.68 Å². The van der Waals surface area contributed by atoms with Crippen LogP contribution in [0.25, 0.3) is 0 Å². The molecule has 1 unspecified atom stereocenters. The van der Waals surface area contributed by atoms with Gasteiger partial charge in [0.1, 0.15) is 12.2 Å². The van der Waals surface area contributed by atoms with Gasteiger partial charge >= 0.3 is 0 Å². The van der Waals surface area contributed by atoms with Crippen molar-refractivity contribution in [3.63, 3.8) is 0 Å². The Morgan fingerprint density at radius 1 is 1.42 bits per heavy atom. The highest BCUT2D eigenvalue weighted by Crippen LogP contribution is 2.23. The van der Waals surface area contributed by atoms with Crippen molar-refractivity contribution in [2.45, 2.75) is 32.9 Å². The summed E-state index contributed by atoms with van der Waals surface area (Å²) >= 11 is 3.54. The van der Waals surface area contributed by atoms with Crippen LogP contribution in [0.5, 0.6) is 0 Å². The van der Waals surface area contributed by atoms with Crippen molar-refractivity contribution >= 4 is 15.9 Å². The molecule has 19 heavy (non-hydrogen) atoms. The van der Waals surface area contributed by atoms with Gasteiger partial charge < -0.3 is 5.32 Å². The molecule has 102 valence electrons. The number of likely N-dealkylation sites (N-methyl/N-ethyl adjacent to an activating group) is 1. The van der Waals surface area contributed by atoms with Gasteiger partial charge in [0.25, 0.3) is 0 Å². The van der Waals surface area contributed by atoms with E-state index >= 15 is 0 Å². The Morgan fingerprint density at radius 3 is 2.84 bits per heavy atom. The first-order valence-corrected chi connectivity index (χ1v) is 7.25. The van der Waals surface area contributed by atoms with Crippen LogP contribution in [0.2, 0.25) is 0 Å². The zero-order valence-corrected chi connectivity index (χ0v) is 13.1. The maximum atomic E-state index is 4.34. The topological polar surface area (TPSA) is 42.7 Å². The molecule has 1 aromatic carbocycles. The molecule has 1 atom stereocenters. The van der Waals surface area contributed by atoms with Gasteiger partial charge in [0.2, 0.25) is 0 Å². The predicted octanol–water partition coefficient (Wildman–Crippen LogP) is 2.87. The van der Waals surface area contributed by atoms with Gasteiger partial charge in [-0.15, -0.1) is 0 Å². The van der Waals surface area contributed by atoms with E-state index in [1.54, 1.807) is 6.33 Å². The summed E-state index contributed by atoms with van der Waals surface area (Å²) in [7, 11) is 1.98. The van der Waals surface area contributed by atoms with Crippen LogP contribution in [0.1, 0.15) is 29.9 Å². The number of hydrogen-bond donors (Lipinski definition) is 1. The lowest BCUT2D eigenvalue weighted by Crippen LogP contribution is -2.21. The number of rotatable bonds is 5. The minimum Gasteiger partial charge on any atom is -0.313 e. The summed E-state index contributed by atoms with van der Waals surface area (Å²) in [4.78, 5) is 4.34. The number of hydrogen-bond acceptors (Lipinski definition) is 3. The predicted molar refractivity (Wildman–Crippen MR) is 80.1 cm³/mol. The summed E-state index contributed by atoms with van der Waals surface area (Å²) < 4.78 is 3.08. The average molecular weight is 323 g/mol. The Labute approximate surface area is 122 Å². The summed E-state index contributed by atoms with van der Waals surface area (Å²) in [6, 6.07) is 6.70. The molecule has 1 N–H and O–H groups in total. The van der Waals surface area contributed by atoms with Crippen molar-refractivity contribution in [3.05, 3.63) is 46.0 Å². The van der Waals surface area contributed by atoms with E-state index in [1.165, 1.54) is 11.1 Å². The minimum atomic E-state index is 0.251. The molecule has 0 spiro atoms. The van der Waals surface area contributed by atoms with Crippen molar-refractivity contribution in [2.75, 3.05) is 7.05 Å². The highest BCUT2D eigenvalue weighted by molar-refractivity contribution is 9.10. The molecule has 0 amide bonds. The standard InChI is InChI=1S/C14H19BrN4/c1-4-19-14(17-9-18-19)8-13(16-3)11-5-6-12(15)10(2)7-11/h5-7,9,13,16H,4,8H2,1-3H3. The van der Waals surface area contributed by atoms with E-state index in [9.17, 15) is 0 Å². The summed E-state index contributed by atoms with van der Waals surface area (Å²) in [5.74, 6) is 1.02. The summed E-state index contributed by atoms with van der Waals surface area (Å²) in [6.45, 7) is 5.04. The molecule has 0 fully saturated rings. The van der Waals surface area contributed by atoms with Crippen molar-refractivity contribution in [3.8, 4) is 0 Å². The lowest BCUT2D eigenvalue weighted by Gasteiger charge is -2.17. The lowest BCUT2D eigenvalue weighted by atomic mass is 10.0. The Bertz CT molecular complexity index is 550. The number of aromatic nitrogens is 3. The van der Waals surface area contributed by atoms with Crippen LogP contribution in [0.4, 0.5) is 0 Å². The Hall–Kier alpha value is -1.20. The van der Waals surface area contributed by atoms with Gasteiger partial charge in [0.15, 0.2) is 0 Å². The number of halogens is 1. The van der Waals surface area contributed by atoms with E-state index in [4.69, 9.17) is 0 Å². The van der Waals surface area contributed by atoms with E-state index in [0.717, 1.165) is 23.3 Å². The van der Waals surface area contributed by atoms with Crippen LogP contribution in [0, 0.1) is 6.92 Å². The molecule has 0 saturated carbocycles. The maximum Gasteiger partial charge on any atom is 0.138 e. The number of benzene rings is 1. The molecule has 0 bridgehead atoms. The largest absolute Gasteiger partial charge is 0.313 e. The molecule has 0 saturated heterocycles. The Balaban J connectivity index is 2.22. The van der Waals surface area contributed by atoms with Gasteiger partial charge in [-0.05, 0) is 38.1 Å². The summed E-state index contributed by atoms with van der Waals surface area (Å²) in [5.41, 5.74) is 2.52. The van der Waals surface area contributed by atoms with E-state index in [0.29, 0.717) is 0 Å². The second kappa shape index (κ2) is 6.30. The molecular weight excluding hydrogens is 304 g/mol. The molecule has 0 radical (unpaired) electrons. The van der Waals surface area contributed by atoms with E-state index < -0.39 is 0 Å². The molecule has 5 heteroatoms. The zero-order valence-electron chi connectivity index (χ0n) is 11.5. The Kier molecular flexibility index (Phi) is 4.71. The van der Waals surface area contributed by atoms with Gasteiger partial charge in [-0.25, -0.2) is 4.98 Å². The van der Waals surface area contributed by atoms with Crippen molar-refractivity contribution in [1.29, 1.82) is 0 Å². The highest BCUT2D eigenvalue weighted by Gasteiger charge is 2.14. The fourth-order valence-corrected chi connectivity index (χ4v) is 2.41. The van der Waals surface area contributed by atoms with E-state index in [1.807, 2.05) is 11.7 Å². The SMILES string of the molecule is CCn1ncnc1CC(NC)c1ccc(Br)c(C)c1. The van der Waals surface area contributed by atoms with Crippen LogP contribution in [-0.2, 0) is 13.0 Å². The molecule has 4 nitrogen and oxygen atoms in total. The second-order valence-electron chi connectivity index (χ2n) is 4.55. The van der Waals surface area contributed by atoms with Crippen LogP contribution in [0.15, 0.2) is 29.0 Å². The maximum absolute atomic E-state index is 4.34. The zero-order chi connectivity index (χ0) is 13.8. The van der Waals surface area contributed by atoms with Crippen molar-refractivity contribution < 1.29 is 0 Å². The second-order valence-corrected chi connectivity index (χ2v) is 5.40. The number of nitrogens with one attached hydrogen (secondary N) is 1. The fraction of sp³-hybridized carbons (Fsp3) is 0.429. The quantitative estimate of drug-likeness (QED) is 0.920. The molecular formula is C14H19BrN4. The van der Waals surface area contributed by atoms with Gasteiger partial charge in [-0.2, -0.15) is 5.10 Å². The molecule has 0 aliphatic heterocycles. The summed E-state index contributed by atoms with van der Waals surface area (Å²) in [5, 5.41) is 7.58. The number of aryl methyl sites for hydroxylation is 2. The molecule has 1 heterocycles. The van der Waals surface area contributed by atoms with Crippen LogP contribution >= 0.6 is 15.9 Å². The van der Waals surface area contributed by atoms with Gasteiger partial charge in [0.05, 0.1) is 0 Å². The van der Waals surface area contributed by atoms with Crippen LogP contribution in [-0.4, -0.2) is 21.8 Å². The first-order valence-electron chi connectivity index (χ1n) is 6.45. The minimum absolute atomic E-state index is 0.251. The monoisotopic (exact) mass is 322 g/mol. The average Bonchev–Trinajstić information content (AvgIpc) is 2.86. The third-order valence-electron chi connectivity index (χ3n) is 3.31. The number of nitrogens with zero attached hydrogens (tertiary/aromatic N) is 3. The normalized spacial score (nSPS) is 12.6. The lowest BCUT2D eigenvalue weighted by molar-refractivity contribution is 0.533. The van der Waals surface area contributed by atoms with E-state index in [2.05, 4.69) is 63.4 Å². The van der Waals surface area contributed by atoms with Crippen LogP contribution in [0.3, 0.4) is 0 Å². The van der Waals surface area contributed by atoms with E-state index in [-0.39, 0.29) is 6.04 Å². The molecule has 2 rings (SSSR count). The summed E-state index contributed by atoms with van der Waals surface area (Å²) in [6.07, 6.45) is 2.46. The van der Waals surface area contributed by atoms with Gasteiger partial charge in [0, 0.05) is 23.5 Å². The highest BCUT2D eigenvalue weighted by atomic mass is 79.9. The first-order chi connectivity index (χ1) is 9.15. The molecule has 0 aliphatic rings. The molecule has 1 aromatic heterocycles. The van der Waals surface area contributed by atoms with Crippen LogP contribution < -0.4 is 5.32 Å². The fourth-order valence-electron chi connectivity index (χ4n) is 2.16. The third-order valence-corrected chi connectivity index (χ3v) is 4.20. The first kappa shape index (κ1) is 14.2. The van der Waals surface area contributed by atoms with Crippen molar-refractivity contribution in [2.24, 2.45) is 0 Å². The van der Waals surface area contributed by atoms with Gasteiger partial charge in [-0.1, -0.05) is 28.1 Å². The third kappa shape index (κ3) is 3.22. The van der Waals surface area contributed by atoms with Crippen molar-refractivity contribution in [1.82, 2.24) is 20.1 Å². The Morgan fingerprint density at radius 2 is 2.21 bits per heavy atom.